The SMILES string of the molecule is CCCCC(N=C=O)C(=O)OC(C)C. The van der Waals surface area contributed by atoms with E-state index in [1.165, 1.54) is 6.08 Å². The molecule has 0 aliphatic carbocycles. The summed E-state index contributed by atoms with van der Waals surface area (Å²) in [6, 6.07) is -0.671. The summed E-state index contributed by atoms with van der Waals surface area (Å²) in [5.74, 6) is -0.434. The molecule has 0 rings (SSSR count). The minimum atomic E-state index is -0.671. The highest BCUT2D eigenvalue weighted by Gasteiger charge is 2.19. The molecule has 0 spiro atoms. The second-order valence-corrected chi connectivity index (χ2v) is 3.36. The molecular weight excluding hydrogens is 182 g/mol. The van der Waals surface area contributed by atoms with Crippen molar-refractivity contribution in [2.24, 2.45) is 4.99 Å². The zero-order valence-electron chi connectivity index (χ0n) is 8.95. The summed E-state index contributed by atoms with van der Waals surface area (Å²) in [7, 11) is 0. The number of hydrogen-bond acceptors (Lipinski definition) is 4. The minimum absolute atomic E-state index is 0.173. The van der Waals surface area contributed by atoms with Crippen LogP contribution in [0, 0.1) is 0 Å². The number of esters is 1. The predicted molar refractivity (Wildman–Crippen MR) is 52.7 cm³/mol. The molecule has 0 aliphatic heterocycles. The Balaban J connectivity index is 4.18. The first-order chi connectivity index (χ1) is 6.61. The summed E-state index contributed by atoms with van der Waals surface area (Å²) < 4.78 is 4.95. The lowest BCUT2D eigenvalue weighted by molar-refractivity contribution is -0.149. The molecule has 0 bridgehead atoms. The predicted octanol–water partition coefficient (Wildman–Crippen LogP) is 1.83. The average molecular weight is 199 g/mol. The summed E-state index contributed by atoms with van der Waals surface area (Å²) in [5.41, 5.74) is 0. The molecule has 0 heterocycles. The second-order valence-electron chi connectivity index (χ2n) is 3.36. The quantitative estimate of drug-likeness (QED) is 0.372. The molecule has 0 fully saturated rings. The third-order valence-electron chi connectivity index (χ3n) is 1.66. The van der Waals surface area contributed by atoms with Crippen LogP contribution < -0.4 is 0 Å². The van der Waals surface area contributed by atoms with E-state index in [1.54, 1.807) is 13.8 Å². The summed E-state index contributed by atoms with van der Waals surface area (Å²) in [6.07, 6.45) is 3.59. The average Bonchev–Trinajstić information content (AvgIpc) is 2.10. The Morgan fingerprint density at radius 3 is 2.57 bits per heavy atom. The molecule has 0 aliphatic rings. The molecule has 0 saturated carbocycles. The molecule has 4 heteroatoms. The molecule has 80 valence electrons. The number of isocyanates is 1. The van der Waals surface area contributed by atoms with E-state index in [1.807, 2.05) is 6.92 Å². The van der Waals surface area contributed by atoms with E-state index in [9.17, 15) is 9.59 Å². The van der Waals surface area contributed by atoms with Crippen LogP contribution in [0.15, 0.2) is 4.99 Å². The third-order valence-corrected chi connectivity index (χ3v) is 1.66. The minimum Gasteiger partial charge on any atom is -0.461 e. The van der Waals surface area contributed by atoms with Crippen LogP contribution in [0.3, 0.4) is 0 Å². The Morgan fingerprint density at radius 1 is 1.50 bits per heavy atom. The summed E-state index contributed by atoms with van der Waals surface area (Å²) in [6.45, 7) is 5.54. The van der Waals surface area contributed by atoms with Crippen LogP contribution in [-0.4, -0.2) is 24.2 Å². The van der Waals surface area contributed by atoms with Crippen molar-refractivity contribution in [1.82, 2.24) is 0 Å². The number of carbonyl (C=O) groups excluding carboxylic acids is 2. The van der Waals surface area contributed by atoms with Crippen LogP contribution in [0.4, 0.5) is 0 Å². The van der Waals surface area contributed by atoms with Gasteiger partial charge in [0, 0.05) is 0 Å². The Kier molecular flexibility index (Phi) is 6.68. The topological polar surface area (TPSA) is 55.7 Å². The molecule has 0 saturated heterocycles. The largest absolute Gasteiger partial charge is 0.461 e. The second kappa shape index (κ2) is 7.27. The zero-order valence-corrected chi connectivity index (χ0v) is 8.95. The van der Waals surface area contributed by atoms with Gasteiger partial charge >= 0.3 is 5.97 Å². The molecule has 0 amide bonds. The maximum absolute atomic E-state index is 11.4. The van der Waals surface area contributed by atoms with Gasteiger partial charge in [0.05, 0.1) is 6.10 Å². The molecule has 0 aromatic carbocycles. The van der Waals surface area contributed by atoms with Gasteiger partial charge in [0.25, 0.3) is 0 Å². The number of ether oxygens (including phenoxy) is 1. The van der Waals surface area contributed by atoms with E-state index < -0.39 is 12.0 Å². The normalized spacial score (nSPS) is 12.0. The maximum Gasteiger partial charge on any atom is 0.332 e. The first-order valence-electron chi connectivity index (χ1n) is 4.89. The zero-order chi connectivity index (χ0) is 11.0. The van der Waals surface area contributed by atoms with E-state index in [-0.39, 0.29) is 6.10 Å². The van der Waals surface area contributed by atoms with Gasteiger partial charge in [-0.1, -0.05) is 19.8 Å². The van der Waals surface area contributed by atoms with Crippen molar-refractivity contribution in [3.05, 3.63) is 0 Å². The molecular formula is C10H17NO3. The van der Waals surface area contributed by atoms with Crippen molar-refractivity contribution < 1.29 is 14.3 Å². The van der Waals surface area contributed by atoms with Gasteiger partial charge in [-0.15, -0.1) is 0 Å². The van der Waals surface area contributed by atoms with Crippen LogP contribution in [0.25, 0.3) is 0 Å². The van der Waals surface area contributed by atoms with Gasteiger partial charge in [0.1, 0.15) is 0 Å². The van der Waals surface area contributed by atoms with Crippen molar-refractivity contribution >= 4 is 12.0 Å². The molecule has 14 heavy (non-hydrogen) atoms. The number of nitrogens with zero attached hydrogens (tertiary/aromatic N) is 1. The highest BCUT2D eigenvalue weighted by Crippen LogP contribution is 2.07. The van der Waals surface area contributed by atoms with Gasteiger partial charge in [0.2, 0.25) is 6.08 Å². The standard InChI is InChI=1S/C10H17NO3/c1-4-5-6-9(11-7-12)10(13)14-8(2)3/h8-9H,4-6H2,1-3H3. The van der Waals surface area contributed by atoms with Crippen LogP contribution >= 0.6 is 0 Å². The molecule has 0 radical (unpaired) electrons. The van der Waals surface area contributed by atoms with Gasteiger partial charge in [-0.25, -0.2) is 9.59 Å². The van der Waals surface area contributed by atoms with Crippen molar-refractivity contribution in [1.29, 1.82) is 0 Å². The molecule has 0 aromatic rings. The van der Waals surface area contributed by atoms with Crippen LogP contribution in [0.5, 0.6) is 0 Å². The van der Waals surface area contributed by atoms with E-state index in [4.69, 9.17) is 4.74 Å². The fraction of sp³-hybridized carbons (Fsp3) is 0.800. The number of aliphatic imine (C=N–C) groups is 1. The smallest absolute Gasteiger partial charge is 0.332 e. The first-order valence-corrected chi connectivity index (χ1v) is 4.89. The lowest BCUT2D eigenvalue weighted by Gasteiger charge is -2.12. The highest BCUT2D eigenvalue weighted by atomic mass is 16.5. The number of rotatable bonds is 6. The van der Waals surface area contributed by atoms with Gasteiger partial charge in [-0.3, -0.25) is 0 Å². The van der Waals surface area contributed by atoms with E-state index >= 15 is 0 Å². The fourth-order valence-corrected chi connectivity index (χ4v) is 1.01. The Hall–Kier alpha value is -1.15. The maximum atomic E-state index is 11.4. The lowest BCUT2D eigenvalue weighted by Crippen LogP contribution is -2.24. The Bertz CT molecular complexity index is 219. The van der Waals surface area contributed by atoms with E-state index in [2.05, 4.69) is 4.99 Å². The lowest BCUT2D eigenvalue weighted by atomic mass is 10.1. The van der Waals surface area contributed by atoms with E-state index in [0.29, 0.717) is 6.42 Å². The Labute approximate surface area is 84.4 Å². The van der Waals surface area contributed by atoms with Crippen molar-refractivity contribution in [2.45, 2.75) is 52.2 Å². The molecule has 1 atom stereocenters. The van der Waals surface area contributed by atoms with Gasteiger partial charge in [-0.05, 0) is 20.3 Å². The monoisotopic (exact) mass is 199 g/mol. The van der Waals surface area contributed by atoms with Crippen molar-refractivity contribution in [3.8, 4) is 0 Å². The number of carbonyl (C=O) groups is 1. The Morgan fingerprint density at radius 2 is 2.14 bits per heavy atom. The summed E-state index contributed by atoms with van der Waals surface area (Å²) >= 11 is 0. The first kappa shape index (κ1) is 12.8. The van der Waals surface area contributed by atoms with Gasteiger partial charge in [-0.2, -0.15) is 4.99 Å². The highest BCUT2D eigenvalue weighted by molar-refractivity contribution is 5.77. The van der Waals surface area contributed by atoms with Gasteiger partial charge in [0.15, 0.2) is 6.04 Å². The number of hydrogen-bond donors (Lipinski definition) is 0. The van der Waals surface area contributed by atoms with Crippen molar-refractivity contribution in [3.63, 3.8) is 0 Å². The van der Waals surface area contributed by atoms with Gasteiger partial charge < -0.3 is 4.74 Å². The van der Waals surface area contributed by atoms with Crippen LogP contribution in [0.1, 0.15) is 40.0 Å². The number of unbranched alkanes of at least 4 members (excludes halogenated alkanes) is 1. The van der Waals surface area contributed by atoms with Crippen molar-refractivity contribution in [2.75, 3.05) is 0 Å². The summed E-state index contributed by atoms with van der Waals surface area (Å²) in [4.78, 5) is 24.9. The van der Waals surface area contributed by atoms with Crippen LogP contribution in [-0.2, 0) is 14.3 Å². The molecule has 0 aromatic heterocycles. The van der Waals surface area contributed by atoms with E-state index in [0.717, 1.165) is 12.8 Å². The molecule has 1 unspecified atom stereocenters. The van der Waals surface area contributed by atoms with Crippen LogP contribution in [0.2, 0.25) is 0 Å². The molecule has 4 nitrogen and oxygen atoms in total. The molecule has 0 N–H and O–H groups in total. The third kappa shape index (κ3) is 5.49. The summed E-state index contributed by atoms with van der Waals surface area (Å²) in [5, 5.41) is 0. The fourth-order valence-electron chi connectivity index (χ4n) is 1.01.